The number of carbonyl (C=O) groups excluding carboxylic acids is 2. The maximum Gasteiger partial charge on any atom is 0.274 e. The second-order valence-electron chi connectivity index (χ2n) is 6.15. The van der Waals surface area contributed by atoms with Crippen LogP contribution in [0.5, 0.6) is 0 Å². The summed E-state index contributed by atoms with van der Waals surface area (Å²) in [5.74, 6) is -0.374. The number of benzene rings is 1. The van der Waals surface area contributed by atoms with E-state index in [2.05, 4.69) is 0 Å². The number of nitrogens with zero attached hydrogens (tertiary/aromatic N) is 1. The molecule has 0 aromatic heterocycles. The maximum absolute atomic E-state index is 12.3. The Morgan fingerprint density at radius 2 is 1.95 bits per heavy atom. The van der Waals surface area contributed by atoms with Crippen LogP contribution in [0.1, 0.15) is 42.3 Å². The van der Waals surface area contributed by atoms with Gasteiger partial charge in [0.05, 0.1) is 0 Å². The highest BCUT2D eigenvalue weighted by Gasteiger charge is 2.29. The monoisotopic (exact) mass is 276 g/mol. The van der Waals surface area contributed by atoms with Gasteiger partial charge in [0.2, 0.25) is 5.91 Å². The van der Waals surface area contributed by atoms with Crippen LogP contribution in [-0.2, 0) is 17.8 Å². The average Bonchev–Trinajstić information content (AvgIpc) is 2.43. The zero-order valence-electron chi connectivity index (χ0n) is 12.1. The van der Waals surface area contributed by atoms with Gasteiger partial charge in [-0.3, -0.25) is 14.8 Å². The Hall–Kier alpha value is -1.88. The van der Waals surface area contributed by atoms with E-state index in [0.29, 0.717) is 18.7 Å². The summed E-state index contributed by atoms with van der Waals surface area (Å²) in [5, 5.41) is 8.64. The number of carbonyl (C=O) groups is 2. The number of hydrogen-bond donors (Lipinski definition) is 2. The van der Waals surface area contributed by atoms with Gasteiger partial charge in [-0.15, -0.1) is 0 Å². The van der Waals surface area contributed by atoms with Gasteiger partial charge in [0.15, 0.2) is 0 Å². The van der Waals surface area contributed by atoms with Gasteiger partial charge in [-0.1, -0.05) is 26.8 Å². The first-order valence-electron chi connectivity index (χ1n) is 6.68. The molecule has 0 atom stereocenters. The molecule has 0 saturated heterocycles. The van der Waals surface area contributed by atoms with Crippen molar-refractivity contribution >= 4 is 11.8 Å². The molecule has 5 nitrogen and oxygen atoms in total. The van der Waals surface area contributed by atoms with Gasteiger partial charge in [-0.25, -0.2) is 5.48 Å². The van der Waals surface area contributed by atoms with Crippen molar-refractivity contribution < 1.29 is 14.8 Å². The Morgan fingerprint density at radius 3 is 2.55 bits per heavy atom. The third kappa shape index (κ3) is 2.82. The van der Waals surface area contributed by atoms with Crippen molar-refractivity contribution in [2.75, 3.05) is 6.54 Å². The molecule has 0 bridgehead atoms. The van der Waals surface area contributed by atoms with Crippen LogP contribution in [0, 0.1) is 5.41 Å². The molecule has 5 heteroatoms. The fourth-order valence-corrected chi connectivity index (χ4v) is 2.41. The van der Waals surface area contributed by atoms with Crippen LogP contribution in [0.4, 0.5) is 0 Å². The summed E-state index contributed by atoms with van der Waals surface area (Å²) in [6.07, 6.45) is 0.726. The molecule has 2 N–H and O–H groups in total. The first-order chi connectivity index (χ1) is 9.32. The topological polar surface area (TPSA) is 69.6 Å². The Kier molecular flexibility index (Phi) is 3.81. The van der Waals surface area contributed by atoms with Crippen LogP contribution in [-0.4, -0.2) is 28.5 Å². The standard InChI is InChI=1S/C15H20N2O3/c1-15(2,3)14(19)17-7-6-10-8-11(13(18)16-20)4-5-12(10)9-17/h4-5,8,20H,6-7,9H2,1-3H3,(H,16,18). The lowest BCUT2D eigenvalue weighted by molar-refractivity contribution is -0.140. The van der Waals surface area contributed by atoms with Crippen molar-refractivity contribution in [1.82, 2.24) is 10.4 Å². The number of amides is 2. The van der Waals surface area contributed by atoms with E-state index in [1.54, 1.807) is 17.6 Å². The van der Waals surface area contributed by atoms with Gasteiger partial charge in [0.25, 0.3) is 5.91 Å². The molecule has 0 radical (unpaired) electrons. The van der Waals surface area contributed by atoms with Gasteiger partial charge >= 0.3 is 0 Å². The predicted octanol–water partition coefficient (Wildman–Crippen LogP) is 1.74. The molecular weight excluding hydrogens is 256 g/mol. The number of nitrogens with one attached hydrogen (secondary N) is 1. The molecule has 1 heterocycles. The molecule has 0 saturated carbocycles. The van der Waals surface area contributed by atoms with Crippen molar-refractivity contribution in [2.45, 2.75) is 33.7 Å². The van der Waals surface area contributed by atoms with Gasteiger partial charge in [-0.05, 0) is 29.7 Å². The van der Waals surface area contributed by atoms with Crippen LogP contribution < -0.4 is 5.48 Å². The van der Waals surface area contributed by atoms with Crippen molar-refractivity contribution in [2.24, 2.45) is 5.41 Å². The van der Waals surface area contributed by atoms with E-state index in [0.717, 1.165) is 17.5 Å². The molecule has 2 rings (SSSR count). The Morgan fingerprint density at radius 1 is 1.25 bits per heavy atom. The summed E-state index contributed by atoms with van der Waals surface area (Å²) in [4.78, 5) is 25.5. The predicted molar refractivity (Wildman–Crippen MR) is 74.3 cm³/mol. The van der Waals surface area contributed by atoms with E-state index in [9.17, 15) is 9.59 Å². The van der Waals surface area contributed by atoms with E-state index in [-0.39, 0.29) is 11.3 Å². The van der Waals surface area contributed by atoms with E-state index in [4.69, 9.17) is 5.21 Å². The summed E-state index contributed by atoms with van der Waals surface area (Å²) in [6, 6.07) is 5.29. The van der Waals surface area contributed by atoms with Gasteiger partial charge in [-0.2, -0.15) is 0 Å². The second kappa shape index (κ2) is 5.25. The molecule has 1 aliphatic heterocycles. The van der Waals surface area contributed by atoms with Crippen LogP contribution in [0.3, 0.4) is 0 Å². The summed E-state index contributed by atoms with van der Waals surface area (Å²) >= 11 is 0. The molecule has 108 valence electrons. The molecule has 20 heavy (non-hydrogen) atoms. The number of hydroxylamine groups is 1. The summed E-state index contributed by atoms with van der Waals surface area (Å²) in [7, 11) is 0. The molecule has 2 amide bonds. The third-order valence-electron chi connectivity index (χ3n) is 3.51. The highest BCUT2D eigenvalue weighted by Crippen LogP contribution is 2.25. The van der Waals surface area contributed by atoms with Crippen LogP contribution in [0.25, 0.3) is 0 Å². The lowest BCUT2D eigenvalue weighted by Crippen LogP contribution is -2.42. The van der Waals surface area contributed by atoms with Gasteiger partial charge in [0, 0.05) is 24.1 Å². The lowest BCUT2D eigenvalue weighted by Gasteiger charge is -2.33. The third-order valence-corrected chi connectivity index (χ3v) is 3.51. The molecular formula is C15H20N2O3. The minimum absolute atomic E-state index is 0.139. The largest absolute Gasteiger partial charge is 0.338 e. The molecule has 0 aliphatic carbocycles. The highest BCUT2D eigenvalue weighted by molar-refractivity contribution is 5.93. The fraction of sp³-hybridized carbons (Fsp3) is 0.467. The fourth-order valence-electron chi connectivity index (χ4n) is 2.41. The number of fused-ring (bicyclic) bond motifs is 1. The minimum Gasteiger partial charge on any atom is -0.338 e. The highest BCUT2D eigenvalue weighted by atomic mass is 16.5. The molecule has 0 unspecified atom stereocenters. The molecule has 0 fully saturated rings. The van der Waals surface area contributed by atoms with Crippen molar-refractivity contribution in [1.29, 1.82) is 0 Å². The first kappa shape index (κ1) is 14.5. The first-order valence-corrected chi connectivity index (χ1v) is 6.68. The maximum atomic E-state index is 12.3. The molecule has 1 aromatic rings. The summed E-state index contributed by atoms with van der Waals surface area (Å²) < 4.78 is 0. The normalized spacial score (nSPS) is 14.7. The Bertz CT molecular complexity index is 547. The van der Waals surface area contributed by atoms with E-state index in [1.165, 1.54) is 0 Å². The van der Waals surface area contributed by atoms with Crippen LogP contribution >= 0.6 is 0 Å². The molecule has 0 spiro atoms. The van der Waals surface area contributed by atoms with Crippen LogP contribution in [0.15, 0.2) is 18.2 Å². The van der Waals surface area contributed by atoms with E-state index < -0.39 is 5.91 Å². The number of hydrogen-bond acceptors (Lipinski definition) is 3. The Balaban J connectivity index is 2.20. The summed E-state index contributed by atoms with van der Waals surface area (Å²) in [5.41, 5.74) is 3.80. The molecule has 1 aromatic carbocycles. The number of rotatable bonds is 1. The molecule has 1 aliphatic rings. The van der Waals surface area contributed by atoms with Gasteiger partial charge in [0.1, 0.15) is 0 Å². The minimum atomic E-state index is -0.513. The Labute approximate surface area is 118 Å². The second-order valence-corrected chi connectivity index (χ2v) is 6.15. The van der Waals surface area contributed by atoms with Crippen molar-refractivity contribution in [3.8, 4) is 0 Å². The van der Waals surface area contributed by atoms with Gasteiger partial charge < -0.3 is 4.90 Å². The van der Waals surface area contributed by atoms with Crippen molar-refractivity contribution in [3.63, 3.8) is 0 Å². The zero-order chi connectivity index (χ0) is 14.9. The summed E-state index contributed by atoms with van der Waals surface area (Å²) in [6.45, 7) is 6.98. The van der Waals surface area contributed by atoms with E-state index >= 15 is 0 Å². The SMILES string of the molecule is CC(C)(C)C(=O)N1CCc2cc(C(=O)NO)ccc2C1. The zero-order valence-corrected chi connectivity index (χ0v) is 12.1. The van der Waals surface area contributed by atoms with Crippen molar-refractivity contribution in [3.05, 3.63) is 34.9 Å². The lowest BCUT2D eigenvalue weighted by atomic mass is 9.91. The quantitative estimate of drug-likeness (QED) is 0.606. The smallest absolute Gasteiger partial charge is 0.274 e. The van der Waals surface area contributed by atoms with Crippen LogP contribution in [0.2, 0.25) is 0 Å². The van der Waals surface area contributed by atoms with E-state index in [1.807, 2.05) is 31.7 Å². The average molecular weight is 276 g/mol.